The topological polar surface area (TPSA) is 97.3 Å². The molecule has 1 aliphatic heterocycles. The Hall–Kier alpha value is -2.31. The molecular weight excluding hydrogens is 232 g/mol. The second-order valence-corrected chi connectivity index (χ2v) is 4.36. The van der Waals surface area contributed by atoms with Gasteiger partial charge in [-0.25, -0.2) is 9.97 Å². The first-order valence-electron chi connectivity index (χ1n) is 5.85. The van der Waals surface area contributed by atoms with Crippen LogP contribution in [0.2, 0.25) is 0 Å². The van der Waals surface area contributed by atoms with Gasteiger partial charge < -0.3 is 20.8 Å². The third kappa shape index (κ3) is 1.94. The van der Waals surface area contributed by atoms with Crippen LogP contribution < -0.4 is 16.4 Å². The fourth-order valence-corrected chi connectivity index (χ4v) is 2.12. The van der Waals surface area contributed by atoms with Crippen LogP contribution in [-0.2, 0) is 4.79 Å². The minimum Gasteiger partial charge on any atom is -0.382 e. The van der Waals surface area contributed by atoms with Crippen LogP contribution in [0.15, 0.2) is 18.6 Å². The monoisotopic (exact) mass is 246 g/mol. The molecular formula is C11H14N6O. The minimum atomic E-state index is 0.105. The third-order valence-corrected chi connectivity index (χ3v) is 2.99. The lowest BCUT2D eigenvalue weighted by Crippen LogP contribution is -2.32. The van der Waals surface area contributed by atoms with E-state index in [1.54, 1.807) is 12.4 Å². The van der Waals surface area contributed by atoms with Crippen LogP contribution in [0.5, 0.6) is 0 Å². The Morgan fingerprint density at radius 2 is 2.50 bits per heavy atom. The van der Waals surface area contributed by atoms with E-state index >= 15 is 0 Å². The number of aromatic nitrogens is 3. The average molecular weight is 246 g/mol. The van der Waals surface area contributed by atoms with E-state index in [9.17, 15) is 4.79 Å². The van der Waals surface area contributed by atoms with E-state index < -0.39 is 0 Å². The number of anilines is 2. The molecule has 1 atom stereocenters. The Kier molecular flexibility index (Phi) is 2.51. The number of fused-ring (bicyclic) bond motifs is 1. The number of imidazole rings is 1. The van der Waals surface area contributed by atoms with Crippen molar-refractivity contribution in [1.29, 1.82) is 0 Å². The Labute approximate surface area is 103 Å². The van der Waals surface area contributed by atoms with Gasteiger partial charge in [-0.15, -0.1) is 0 Å². The van der Waals surface area contributed by atoms with Crippen molar-refractivity contribution >= 4 is 23.2 Å². The second-order valence-electron chi connectivity index (χ2n) is 4.36. The molecule has 0 aliphatic carbocycles. The zero-order chi connectivity index (χ0) is 12.5. The summed E-state index contributed by atoms with van der Waals surface area (Å²) in [6.07, 6.45) is 6.66. The first-order chi connectivity index (χ1) is 8.72. The summed E-state index contributed by atoms with van der Waals surface area (Å²) < 4.78 is 1.82. The van der Waals surface area contributed by atoms with E-state index in [2.05, 4.69) is 20.6 Å². The SMILES string of the molecule is Nc1cn2ccnc2c(NCC2CCC(=O)N2)n1. The number of carbonyl (C=O) groups is 1. The van der Waals surface area contributed by atoms with Crippen LogP contribution in [0.4, 0.5) is 11.6 Å². The molecule has 3 heterocycles. The van der Waals surface area contributed by atoms with E-state index in [0.29, 0.717) is 24.6 Å². The van der Waals surface area contributed by atoms with Gasteiger partial charge in [0.05, 0.1) is 6.20 Å². The fraction of sp³-hybridized carbons (Fsp3) is 0.364. The van der Waals surface area contributed by atoms with Crippen molar-refractivity contribution in [2.45, 2.75) is 18.9 Å². The molecule has 7 heteroatoms. The maximum atomic E-state index is 11.1. The van der Waals surface area contributed by atoms with Gasteiger partial charge in [0.15, 0.2) is 11.5 Å². The van der Waals surface area contributed by atoms with Crippen molar-refractivity contribution in [3.63, 3.8) is 0 Å². The Balaban J connectivity index is 1.77. The van der Waals surface area contributed by atoms with E-state index in [1.807, 2.05) is 10.6 Å². The number of nitrogen functional groups attached to an aromatic ring is 1. The van der Waals surface area contributed by atoms with E-state index in [1.165, 1.54) is 0 Å². The molecule has 1 saturated heterocycles. The van der Waals surface area contributed by atoms with Crippen LogP contribution >= 0.6 is 0 Å². The van der Waals surface area contributed by atoms with Crippen molar-refractivity contribution in [2.24, 2.45) is 0 Å². The summed E-state index contributed by atoms with van der Waals surface area (Å²) in [6.45, 7) is 0.630. The van der Waals surface area contributed by atoms with Gasteiger partial charge in [0, 0.05) is 31.4 Å². The smallest absolute Gasteiger partial charge is 0.220 e. The molecule has 94 valence electrons. The molecule has 1 amide bonds. The highest BCUT2D eigenvalue weighted by Gasteiger charge is 2.20. The third-order valence-electron chi connectivity index (χ3n) is 2.99. The number of amides is 1. The number of nitrogens with two attached hydrogens (primary N) is 1. The number of rotatable bonds is 3. The standard InChI is InChI=1S/C11H14N6O/c12-8-6-17-4-3-13-11(17)10(16-8)14-5-7-1-2-9(18)15-7/h3-4,6-7H,1-2,5,12H2,(H,14,16)(H,15,18). The molecule has 2 aromatic rings. The second kappa shape index (κ2) is 4.17. The van der Waals surface area contributed by atoms with Gasteiger partial charge >= 0.3 is 0 Å². The zero-order valence-corrected chi connectivity index (χ0v) is 9.76. The van der Waals surface area contributed by atoms with Crippen molar-refractivity contribution in [1.82, 2.24) is 19.7 Å². The Morgan fingerprint density at radius 1 is 1.61 bits per heavy atom. The maximum Gasteiger partial charge on any atom is 0.220 e. The number of hydrogen-bond acceptors (Lipinski definition) is 5. The molecule has 0 aromatic carbocycles. The average Bonchev–Trinajstić information content (AvgIpc) is 2.94. The lowest BCUT2D eigenvalue weighted by molar-refractivity contribution is -0.119. The largest absolute Gasteiger partial charge is 0.382 e. The normalized spacial score (nSPS) is 19.1. The number of hydrogen-bond donors (Lipinski definition) is 3. The summed E-state index contributed by atoms with van der Waals surface area (Å²) in [7, 11) is 0. The van der Waals surface area contributed by atoms with Crippen LogP contribution in [0.1, 0.15) is 12.8 Å². The summed E-state index contributed by atoms with van der Waals surface area (Å²) >= 11 is 0. The van der Waals surface area contributed by atoms with Gasteiger partial charge in [-0.2, -0.15) is 0 Å². The molecule has 18 heavy (non-hydrogen) atoms. The van der Waals surface area contributed by atoms with Crippen molar-refractivity contribution in [2.75, 3.05) is 17.6 Å². The van der Waals surface area contributed by atoms with Gasteiger partial charge in [-0.1, -0.05) is 0 Å². The first-order valence-corrected chi connectivity index (χ1v) is 5.85. The van der Waals surface area contributed by atoms with Crippen molar-refractivity contribution < 1.29 is 4.79 Å². The summed E-state index contributed by atoms with van der Waals surface area (Å²) in [4.78, 5) is 19.5. The summed E-state index contributed by atoms with van der Waals surface area (Å²) in [5, 5.41) is 6.08. The van der Waals surface area contributed by atoms with E-state index in [4.69, 9.17) is 5.73 Å². The lowest BCUT2D eigenvalue weighted by Gasteiger charge is -2.12. The highest BCUT2D eigenvalue weighted by molar-refractivity contribution is 5.78. The summed E-state index contributed by atoms with van der Waals surface area (Å²) in [5.41, 5.74) is 6.45. The van der Waals surface area contributed by atoms with Gasteiger partial charge in [0.1, 0.15) is 5.82 Å². The maximum absolute atomic E-state index is 11.1. The van der Waals surface area contributed by atoms with Gasteiger partial charge in [-0.05, 0) is 6.42 Å². The molecule has 1 unspecified atom stereocenters. The van der Waals surface area contributed by atoms with E-state index in [0.717, 1.165) is 12.1 Å². The van der Waals surface area contributed by atoms with Gasteiger partial charge in [0.25, 0.3) is 0 Å². The summed E-state index contributed by atoms with van der Waals surface area (Å²) in [5.74, 6) is 1.17. The molecule has 1 aliphatic rings. The molecule has 0 radical (unpaired) electrons. The Bertz CT molecular complexity index is 592. The molecule has 1 fully saturated rings. The molecule has 7 nitrogen and oxygen atoms in total. The van der Waals surface area contributed by atoms with Gasteiger partial charge in [0.2, 0.25) is 5.91 Å². The van der Waals surface area contributed by atoms with Gasteiger partial charge in [-0.3, -0.25) is 4.79 Å². The van der Waals surface area contributed by atoms with E-state index in [-0.39, 0.29) is 11.9 Å². The highest BCUT2D eigenvalue weighted by atomic mass is 16.1. The van der Waals surface area contributed by atoms with Crippen LogP contribution in [-0.4, -0.2) is 32.9 Å². The van der Waals surface area contributed by atoms with Crippen LogP contribution in [0, 0.1) is 0 Å². The predicted octanol–water partition coefficient (Wildman–Crippen LogP) is 0.00200. The molecule has 3 rings (SSSR count). The molecule has 0 spiro atoms. The van der Waals surface area contributed by atoms with Crippen LogP contribution in [0.25, 0.3) is 5.65 Å². The molecule has 2 aromatic heterocycles. The number of nitrogens with zero attached hydrogens (tertiary/aromatic N) is 3. The van der Waals surface area contributed by atoms with Crippen LogP contribution in [0.3, 0.4) is 0 Å². The fourth-order valence-electron chi connectivity index (χ4n) is 2.12. The summed E-state index contributed by atoms with van der Waals surface area (Å²) in [6, 6.07) is 0.149. The zero-order valence-electron chi connectivity index (χ0n) is 9.76. The quantitative estimate of drug-likeness (QED) is 0.708. The number of carbonyl (C=O) groups excluding carboxylic acids is 1. The predicted molar refractivity (Wildman–Crippen MR) is 67.1 cm³/mol. The highest BCUT2D eigenvalue weighted by Crippen LogP contribution is 2.15. The minimum absolute atomic E-state index is 0.105. The molecule has 0 saturated carbocycles. The molecule has 0 bridgehead atoms. The number of nitrogens with one attached hydrogen (secondary N) is 2. The molecule has 4 N–H and O–H groups in total. The van der Waals surface area contributed by atoms with Crippen molar-refractivity contribution in [3.8, 4) is 0 Å². The Morgan fingerprint density at radius 3 is 3.28 bits per heavy atom. The van der Waals surface area contributed by atoms with Crippen molar-refractivity contribution in [3.05, 3.63) is 18.6 Å². The lowest BCUT2D eigenvalue weighted by atomic mass is 10.2. The first kappa shape index (κ1) is 10.8.